The molecular weight excluding hydrogens is 369 g/mol. The van der Waals surface area contributed by atoms with Crippen LogP contribution in [-0.2, 0) is 17.5 Å². The molecule has 0 spiro atoms. The average molecular weight is 392 g/mol. The minimum Gasteiger partial charge on any atom is -0.497 e. The predicted octanol–water partition coefficient (Wildman–Crippen LogP) is 4.17. The van der Waals surface area contributed by atoms with E-state index in [2.05, 4.69) is 5.32 Å². The molecule has 0 unspecified atom stereocenters. The first-order valence-corrected chi connectivity index (χ1v) is 9.18. The summed E-state index contributed by atoms with van der Waals surface area (Å²) in [5, 5.41) is 3.31. The molecule has 0 radical (unpaired) electrons. The minimum absolute atomic E-state index is 0.0418. The molecule has 0 saturated carbocycles. The van der Waals surface area contributed by atoms with Crippen molar-refractivity contribution in [2.24, 2.45) is 0 Å². The van der Waals surface area contributed by atoms with E-state index in [1.807, 2.05) is 24.3 Å². The lowest BCUT2D eigenvalue weighted by molar-refractivity contribution is -0.137. The molecule has 4 nitrogen and oxygen atoms in total. The number of hydrogen-bond acceptors (Lipinski definition) is 3. The van der Waals surface area contributed by atoms with Gasteiger partial charge < -0.3 is 15.0 Å². The van der Waals surface area contributed by atoms with Crippen molar-refractivity contribution in [2.45, 2.75) is 31.6 Å². The molecule has 1 aliphatic rings. The van der Waals surface area contributed by atoms with Crippen LogP contribution in [0.5, 0.6) is 5.75 Å². The number of hydrogen-bond donors (Lipinski definition) is 1. The maximum atomic E-state index is 13.1. The first-order valence-electron chi connectivity index (χ1n) is 9.18. The first-order chi connectivity index (χ1) is 13.4. The minimum atomic E-state index is -4.41. The van der Waals surface area contributed by atoms with E-state index in [0.29, 0.717) is 37.4 Å². The number of alkyl halides is 3. The maximum Gasteiger partial charge on any atom is 0.416 e. The molecule has 1 saturated heterocycles. The maximum absolute atomic E-state index is 13.1. The molecule has 2 aromatic carbocycles. The summed E-state index contributed by atoms with van der Waals surface area (Å²) in [6, 6.07) is 12.4. The summed E-state index contributed by atoms with van der Waals surface area (Å²) in [5.74, 6) is 0.754. The summed E-state index contributed by atoms with van der Waals surface area (Å²) < 4.78 is 44.6. The van der Waals surface area contributed by atoms with E-state index in [4.69, 9.17) is 4.74 Å². The summed E-state index contributed by atoms with van der Waals surface area (Å²) in [4.78, 5) is 13.7. The monoisotopic (exact) mass is 392 g/mol. The summed E-state index contributed by atoms with van der Waals surface area (Å²) in [6.07, 6.45) is -3.13. The Kier molecular flexibility index (Phi) is 6.24. The average Bonchev–Trinajstić information content (AvgIpc) is 3.09. The van der Waals surface area contributed by atoms with Gasteiger partial charge in [0.25, 0.3) is 0 Å². The molecule has 1 aliphatic heterocycles. The van der Waals surface area contributed by atoms with Crippen LogP contribution in [0.1, 0.15) is 35.6 Å². The first kappa shape index (κ1) is 20.2. The van der Waals surface area contributed by atoms with Gasteiger partial charge in [0.1, 0.15) is 5.75 Å². The number of benzene rings is 2. The summed E-state index contributed by atoms with van der Waals surface area (Å²) in [5.41, 5.74) is 0.771. The number of amides is 1. The molecule has 7 heteroatoms. The second-order valence-electron chi connectivity index (χ2n) is 6.85. The van der Waals surface area contributed by atoms with E-state index in [-0.39, 0.29) is 5.91 Å². The lowest BCUT2D eigenvalue weighted by Gasteiger charge is -2.26. The molecule has 3 rings (SSSR count). The number of rotatable bonds is 7. The topological polar surface area (TPSA) is 41.6 Å². The van der Waals surface area contributed by atoms with Crippen molar-refractivity contribution in [3.63, 3.8) is 0 Å². The number of carbonyl (C=O) groups excluding carboxylic acids is 1. The molecule has 0 aromatic heterocycles. The highest BCUT2D eigenvalue weighted by Crippen LogP contribution is 2.31. The molecule has 1 atom stereocenters. The van der Waals surface area contributed by atoms with Gasteiger partial charge in [0, 0.05) is 26.1 Å². The van der Waals surface area contributed by atoms with E-state index in [1.165, 1.54) is 6.07 Å². The standard InChI is InChI=1S/C21H23F3N2O2/c1-28-18-8-2-5-15(11-18)13-25-19(14-26-10-4-9-20(26)27)16-6-3-7-17(12-16)21(22,23)24/h2-3,5-8,11-12,19,25H,4,9-10,13-14H2,1H3/t19-/m1/s1. The third kappa shape index (κ3) is 5.04. The number of carbonyl (C=O) groups is 1. The van der Waals surface area contributed by atoms with Gasteiger partial charge in [-0.05, 0) is 41.8 Å². The van der Waals surface area contributed by atoms with Crippen molar-refractivity contribution >= 4 is 5.91 Å². The van der Waals surface area contributed by atoms with Crippen LogP contribution in [0.3, 0.4) is 0 Å². The van der Waals surface area contributed by atoms with Crippen LogP contribution >= 0.6 is 0 Å². The van der Waals surface area contributed by atoms with Gasteiger partial charge in [-0.15, -0.1) is 0 Å². The number of nitrogens with zero attached hydrogens (tertiary/aromatic N) is 1. The molecule has 0 aliphatic carbocycles. The zero-order chi connectivity index (χ0) is 20.1. The molecule has 1 fully saturated rings. The van der Waals surface area contributed by atoms with E-state index < -0.39 is 17.8 Å². The highest BCUT2D eigenvalue weighted by atomic mass is 19.4. The molecular formula is C21H23F3N2O2. The van der Waals surface area contributed by atoms with Crippen molar-refractivity contribution in [3.8, 4) is 5.75 Å². The molecule has 2 aromatic rings. The van der Waals surface area contributed by atoms with Crippen LogP contribution in [0.4, 0.5) is 13.2 Å². The van der Waals surface area contributed by atoms with E-state index in [0.717, 1.165) is 24.1 Å². The Morgan fingerprint density at radius 1 is 1.18 bits per heavy atom. The van der Waals surface area contributed by atoms with Gasteiger partial charge in [-0.25, -0.2) is 0 Å². The van der Waals surface area contributed by atoms with E-state index >= 15 is 0 Å². The lowest BCUT2D eigenvalue weighted by atomic mass is 10.0. The smallest absolute Gasteiger partial charge is 0.416 e. The number of likely N-dealkylation sites (tertiary alicyclic amines) is 1. The molecule has 1 N–H and O–H groups in total. The Balaban J connectivity index is 1.81. The van der Waals surface area contributed by atoms with Gasteiger partial charge >= 0.3 is 6.18 Å². The Bertz CT molecular complexity index is 823. The van der Waals surface area contributed by atoms with Crippen molar-refractivity contribution in [1.29, 1.82) is 0 Å². The Hall–Kier alpha value is -2.54. The molecule has 150 valence electrons. The van der Waals surface area contributed by atoms with Crippen LogP contribution in [0, 0.1) is 0 Å². The van der Waals surface area contributed by atoms with Crippen molar-refractivity contribution in [1.82, 2.24) is 10.2 Å². The van der Waals surface area contributed by atoms with Crippen LogP contribution < -0.4 is 10.1 Å². The quantitative estimate of drug-likeness (QED) is 0.769. The Morgan fingerprint density at radius 3 is 2.64 bits per heavy atom. The van der Waals surface area contributed by atoms with E-state index in [9.17, 15) is 18.0 Å². The third-order valence-corrected chi connectivity index (χ3v) is 4.88. The fourth-order valence-corrected chi connectivity index (χ4v) is 3.36. The fourth-order valence-electron chi connectivity index (χ4n) is 3.36. The zero-order valence-corrected chi connectivity index (χ0v) is 15.6. The van der Waals surface area contributed by atoms with Crippen LogP contribution in [-0.4, -0.2) is 31.0 Å². The summed E-state index contributed by atoms with van der Waals surface area (Å²) in [7, 11) is 1.58. The molecule has 28 heavy (non-hydrogen) atoms. The SMILES string of the molecule is COc1cccc(CN[C@H](CN2CCCC2=O)c2cccc(C(F)(F)F)c2)c1. The summed E-state index contributed by atoms with van der Waals surface area (Å²) in [6.45, 7) is 1.42. The highest BCUT2D eigenvalue weighted by Gasteiger charge is 2.31. The van der Waals surface area contributed by atoms with Gasteiger partial charge in [0.05, 0.1) is 18.7 Å². The van der Waals surface area contributed by atoms with Crippen molar-refractivity contribution < 1.29 is 22.7 Å². The number of ether oxygens (including phenoxy) is 1. The predicted molar refractivity (Wildman–Crippen MR) is 99.8 cm³/mol. The molecule has 1 amide bonds. The van der Waals surface area contributed by atoms with Gasteiger partial charge in [-0.1, -0.05) is 24.3 Å². The zero-order valence-electron chi connectivity index (χ0n) is 15.6. The van der Waals surface area contributed by atoms with Crippen molar-refractivity contribution in [2.75, 3.05) is 20.2 Å². The molecule has 0 bridgehead atoms. The van der Waals surface area contributed by atoms with Gasteiger partial charge in [0.2, 0.25) is 5.91 Å². The van der Waals surface area contributed by atoms with Crippen LogP contribution in [0.15, 0.2) is 48.5 Å². The second-order valence-corrected chi connectivity index (χ2v) is 6.85. The number of methoxy groups -OCH3 is 1. The van der Waals surface area contributed by atoms with Crippen molar-refractivity contribution in [3.05, 3.63) is 65.2 Å². The lowest BCUT2D eigenvalue weighted by Crippen LogP contribution is -2.36. The van der Waals surface area contributed by atoms with Gasteiger partial charge in [-0.2, -0.15) is 13.2 Å². The number of halogens is 3. The molecule has 1 heterocycles. The van der Waals surface area contributed by atoms with Gasteiger partial charge in [-0.3, -0.25) is 4.79 Å². The Labute approximate surface area is 162 Å². The van der Waals surface area contributed by atoms with Crippen LogP contribution in [0.2, 0.25) is 0 Å². The van der Waals surface area contributed by atoms with Crippen LogP contribution in [0.25, 0.3) is 0 Å². The van der Waals surface area contributed by atoms with E-state index in [1.54, 1.807) is 18.1 Å². The third-order valence-electron chi connectivity index (χ3n) is 4.88. The highest BCUT2D eigenvalue weighted by molar-refractivity contribution is 5.78. The Morgan fingerprint density at radius 2 is 1.96 bits per heavy atom. The number of nitrogens with one attached hydrogen (secondary N) is 1. The largest absolute Gasteiger partial charge is 0.497 e. The summed E-state index contributed by atoms with van der Waals surface area (Å²) >= 11 is 0. The normalized spacial score (nSPS) is 15.7. The fraction of sp³-hybridized carbons (Fsp3) is 0.381. The second kappa shape index (κ2) is 8.65. The van der Waals surface area contributed by atoms with Gasteiger partial charge in [0.15, 0.2) is 0 Å².